The molecule has 0 radical (unpaired) electrons. The average Bonchev–Trinajstić information content (AvgIpc) is 2.83. The van der Waals surface area contributed by atoms with E-state index in [1.165, 1.54) is 66.4 Å². The van der Waals surface area contributed by atoms with E-state index in [1.807, 2.05) is 6.08 Å². The van der Waals surface area contributed by atoms with Gasteiger partial charge in [0.15, 0.2) is 0 Å². The highest BCUT2D eigenvalue weighted by atomic mass is 14.1. The zero-order valence-electron chi connectivity index (χ0n) is 23.6. The maximum absolute atomic E-state index is 3.92. The molecular formula is C34H54. The standard InChI is InChI=1S/C16H24.C14H20.C4H10/c1-4-5-6-7-8-9-15-10-12-16(13-11-15)14(2)3;1-11(2)5-6-13-7-9-14(10-8-13)12(3)4;1-3-4-2/h4,10-14H,1,5-9H2,2-3H3;7-10,12H,1,5-6H2,2-4H3;3-4H2,1-2H3. The van der Waals surface area contributed by atoms with Gasteiger partial charge < -0.3 is 0 Å². The van der Waals surface area contributed by atoms with Gasteiger partial charge in [0.2, 0.25) is 0 Å². The van der Waals surface area contributed by atoms with Crippen LogP contribution in [0.5, 0.6) is 0 Å². The fourth-order valence-electron chi connectivity index (χ4n) is 3.29. The van der Waals surface area contributed by atoms with Crippen molar-refractivity contribution in [1.82, 2.24) is 0 Å². The first-order valence-electron chi connectivity index (χ1n) is 13.7. The zero-order valence-corrected chi connectivity index (χ0v) is 23.6. The van der Waals surface area contributed by atoms with Crippen LogP contribution in [-0.4, -0.2) is 0 Å². The molecule has 34 heavy (non-hydrogen) atoms. The van der Waals surface area contributed by atoms with Gasteiger partial charge in [-0.3, -0.25) is 0 Å². The molecule has 0 heterocycles. The highest BCUT2D eigenvalue weighted by Crippen LogP contribution is 2.17. The molecule has 190 valence electrons. The molecular weight excluding hydrogens is 408 g/mol. The number of hydrogen-bond donors (Lipinski definition) is 0. The lowest BCUT2D eigenvalue weighted by molar-refractivity contribution is 0.687. The molecule has 0 aliphatic rings. The third kappa shape index (κ3) is 16.5. The Balaban J connectivity index is 0.000000557. The first kappa shape index (κ1) is 31.9. The first-order chi connectivity index (χ1) is 16.2. The largest absolute Gasteiger partial charge is 0.103 e. The molecule has 2 aromatic carbocycles. The second kappa shape index (κ2) is 20.3. The Morgan fingerprint density at radius 1 is 0.706 bits per heavy atom. The molecule has 0 N–H and O–H groups in total. The van der Waals surface area contributed by atoms with E-state index in [0.717, 1.165) is 19.3 Å². The van der Waals surface area contributed by atoms with Crippen LogP contribution in [0.25, 0.3) is 0 Å². The van der Waals surface area contributed by atoms with E-state index in [4.69, 9.17) is 0 Å². The molecule has 0 spiro atoms. The monoisotopic (exact) mass is 462 g/mol. The summed E-state index contributed by atoms with van der Waals surface area (Å²) >= 11 is 0. The van der Waals surface area contributed by atoms with E-state index in [1.54, 1.807) is 0 Å². The number of hydrogen-bond acceptors (Lipinski definition) is 0. The van der Waals surface area contributed by atoms with Crippen molar-refractivity contribution in [2.24, 2.45) is 0 Å². The molecule has 2 rings (SSSR count). The summed E-state index contributed by atoms with van der Waals surface area (Å²) in [5.41, 5.74) is 7.01. The number of benzene rings is 2. The number of allylic oxidation sites excluding steroid dienone is 2. The van der Waals surface area contributed by atoms with Crippen LogP contribution in [0.15, 0.2) is 73.3 Å². The fraction of sp³-hybridized carbons (Fsp3) is 0.529. The van der Waals surface area contributed by atoms with Crippen molar-refractivity contribution in [3.8, 4) is 0 Å². The molecule has 0 saturated carbocycles. The predicted molar refractivity (Wildman–Crippen MR) is 157 cm³/mol. The average molecular weight is 463 g/mol. The van der Waals surface area contributed by atoms with E-state index >= 15 is 0 Å². The van der Waals surface area contributed by atoms with E-state index in [-0.39, 0.29) is 0 Å². The van der Waals surface area contributed by atoms with Gasteiger partial charge in [0.05, 0.1) is 0 Å². The lowest BCUT2D eigenvalue weighted by atomic mass is 9.99. The Hall–Kier alpha value is -2.08. The molecule has 0 aliphatic carbocycles. The summed E-state index contributed by atoms with van der Waals surface area (Å²) in [4.78, 5) is 0. The van der Waals surface area contributed by atoms with Crippen LogP contribution in [0.3, 0.4) is 0 Å². The van der Waals surface area contributed by atoms with Crippen LogP contribution < -0.4 is 0 Å². The molecule has 2 aromatic rings. The number of rotatable bonds is 12. The molecule has 0 unspecified atom stereocenters. The van der Waals surface area contributed by atoms with Crippen LogP contribution in [-0.2, 0) is 12.8 Å². The minimum absolute atomic E-state index is 0.630. The fourth-order valence-corrected chi connectivity index (χ4v) is 3.29. The SMILES string of the molecule is C=C(C)CCc1ccc(C(C)C)cc1.C=CCCCCCc1ccc(C(C)C)cc1.CCCC. The Kier molecular flexibility index (Phi) is 19.1. The van der Waals surface area contributed by atoms with Crippen molar-refractivity contribution in [2.75, 3.05) is 0 Å². The summed E-state index contributed by atoms with van der Waals surface area (Å²) in [6.07, 6.45) is 13.1. The number of aryl methyl sites for hydroxylation is 2. The van der Waals surface area contributed by atoms with E-state index in [9.17, 15) is 0 Å². The van der Waals surface area contributed by atoms with Gasteiger partial charge in [-0.2, -0.15) is 0 Å². The van der Waals surface area contributed by atoms with Crippen molar-refractivity contribution < 1.29 is 0 Å². The van der Waals surface area contributed by atoms with Crippen molar-refractivity contribution in [1.29, 1.82) is 0 Å². The molecule has 0 heteroatoms. The van der Waals surface area contributed by atoms with Crippen LogP contribution in [0.2, 0.25) is 0 Å². The highest BCUT2D eigenvalue weighted by molar-refractivity contribution is 5.25. The normalized spacial score (nSPS) is 10.3. The van der Waals surface area contributed by atoms with E-state index in [2.05, 4.69) is 110 Å². The van der Waals surface area contributed by atoms with Gasteiger partial charge in [0.1, 0.15) is 0 Å². The summed E-state index contributed by atoms with van der Waals surface area (Å²) in [5, 5.41) is 0. The zero-order chi connectivity index (χ0) is 25.8. The maximum Gasteiger partial charge on any atom is -0.0219 e. The summed E-state index contributed by atoms with van der Waals surface area (Å²) in [7, 11) is 0. The third-order valence-electron chi connectivity index (χ3n) is 6.01. The predicted octanol–water partition coefficient (Wildman–Crippen LogP) is 11.2. The molecule has 0 nitrogen and oxygen atoms in total. The Morgan fingerprint density at radius 2 is 1.15 bits per heavy atom. The Morgan fingerprint density at radius 3 is 1.50 bits per heavy atom. The van der Waals surface area contributed by atoms with Crippen LogP contribution in [0.4, 0.5) is 0 Å². The minimum atomic E-state index is 0.630. The smallest absolute Gasteiger partial charge is 0.0219 e. The topological polar surface area (TPSA) is 0 Å². The molecule has 0 amide bonds. The molecule has 0 aromatic heterocycles. The molecule has 0 bridgehead atoms. The minimum Gasteiger partial charge on any atom is -0.103 e. The van der Waals surface area contributed by atoms with Crippen LogP contribution in [0.1, 0.15) is 128 Å². The molecule has 0 aliphatic heterocycles. The van der Waals surface area contributed by atoms with Gasteiger partial charge in [-0.1, -0.05) is 121 Å². The van der Waals surface area contributed by atoms with Crippen LogP contribution >= 0.6 is 0 Å². The molecule has 0 fully saturated rings. The highest BCUT2D eigenvalue weighted by Gasteiger charge is 2.00. The van der Waals surface area contributed by atoms with Crippen molar-refractivity contribution in [3.63, 3.8) is 0 Å². The summed E-state index contributed by atoms with van der Waals surface area (Å²) < 4.78 is 0. The van der Waals surface area contributed by atoms with E-state index < -0.39 is 0 Å². The van der Waals surface area contributed by atoms with Gasteiger partial charge >= 0.3 is 0 Å². The summed E-state index contributed by atoms with van der Waals surface area (Å²) in [6, 6.07) is 18.0. The summed E-state index contributed by atoms with van der Waals surface area (Å²) in [5.74, 6) is 1.27. The van der Waals surface area contributed by atoms with Crippen molar-refractivity contribution in [2.45, 2.75) is 118 Å². The number of unbranched alkanes of at least 4 members (excludes halogenated alkanes) is 4. The van der Waals surface area contributed by atoms with E-state index in [0.29, 0.717) is 11.8 Å². The lowest BCUT2D eigenvalue weighted by Gasteiger charge is -2.06. The third-order valence-corrected chi connectivity index (χ3v) is 6.01. The molecule has 0 atom stereocenters. The van der Waals surface area contributed by atoms with Crippen LogP contribution in [0, 0.1) is 0 Å². The van der Waals surface area contributed by atoms with Crippen molar-refractivity contribution >= 4 is 0 Å². The maximum atomic E-state index is 3.92. The van der Waals surface area contributed by atoms with Gasteiger partial charge in [0, 0.05) is 0 Å². The molecule has 0 saturated heterocycles. The quantitative estimate of drug-likeness (QED) is 0.217. The second-order valence-corrected chi connectivity index (χ2v) is 10.1. The first-order valence-corrected chi connectivity index (χ1v) is 13.7. The van der Waals surface area contributed by atoms with Crippen molar-refractivity contribution in [3.05, 3.63) is 95.6 Å². The summed E-state index contributed by atoms with van der Waals surface area (Å²) in [6.45, 7) is 23.0. The Labute approximate surface area is 213 Å². The Bertz CT molecular complexity index is 742. The lowest BCUT2D eigenvalue weighted by Crippen LogP contribution is -1.89. The van der Waals surface area contributed by atoms with Gasteiger partial charge in [-0.05, 0) is 79.5 Å². The van der Waals surface area contributed by atoms with Gasteiger partial charge in [0.25, 0.3) is 0 Å². The van der Waals surface area contributed by atoms with Gasteiger partial charge in [-0.25, -0.2) is 0 Å². The second-order valence-electron chi connectivity index (χ2n) is 10.1. The van der Waals surface area contributed by atoms with Gasteiger partial charge in [-0.15, -0.1) is 13.2 Å².